The number of aryl methyl sites for hydroxylation is 1. The number of hydrogen-bond acceptors (Lipinski definition) is 4. The summed E-state index contributed by atoms with van der Waals surface area (Å²) in [7, 11) is 1.92. The predicted molar refractivity (Wildman–Crippen MR) is 83.9 cm³/mol. The van der Waals surface area contributed by atoms with E-state index in [4.69, 9.17) is 10.5 Å². The molecule has 3 rings (SSSR count). The van der Waals surface area contributed by atoms with E-state index < -0.39 is 0 Å². The lowest BCUT2D eigenvalue weighted by Gasteiger charge is -2.32. The van der Waals surface area contributed by atoms with Gasteiger partial charge in [0, 0.05) is 43.6 Å². The van der Waals surface area contributed by atoms with Crippen LogP contribution in [0.4, 0.5) is 5.69 Å². The van der Waals surface area contributed by atoms with E-state index >= 15 is 0 Å². The Morgan fingerprint density at radius 2 is 1.95 bits per heavy atom. The van der Waals surface area contributed by atoms with Crippen LogP contribution in [0.25, 0.3) is 11.1 Å². The molecule has 1 aliphatic rings. The fourth-order valence-electron chi connectivity index (χ4n) is 2.83. The monoisotopic (exact) mass is 286 g/mol. The summed E-state index contributed by atoms with van der Waals surface area (Å²) < 4.78 is 7.24. The maximum atomic E-state index is 6.10. The van der Waals surface area contributed by atoms with Gasteiger partial charge in [0.05, 0.1) is 19.4 Å². The Balaban J connectivity index is 1.90. The Labute approximate surface area is 125 Å². The maximum Gasteiger partial charge on any atom is 0.0594 e. The van der Waals surface area contributed by atoms with Gasteiger partial charge in [0.25, 0.3) is 0 Å². The minimum Gasteiger partial charge on any atom is -0.399 e. The first-order valence-electron chi connectivity index (χ1n) is 7.35. The summed E-state index contributed by atoms with van der Waals surface area (Å²) in [5, 5.41) is 4.24. The van der Waals surface area contributed by atoms with Gasteiger partial charge in [-0.15, -0.1) is 0 Å². The molecule has 5 heteroatoms. The molecule has 2 N–H and O–H groups in total. The summed E-state index contributed by atoms with van der Waals surface area (Å²) in [6.45, 7) is 5.79. The molecule has 1 aromatic heterocycles. The van der Waals surface area contributed by atoms with Crippen molar-refractivity contribution in [1.29, 1.82) is 0 Å². The summed E-state index contributed by atoms with van der Waals surface area (Å²) in [5.74, 6) is 0. The molecule has 1 fully saturated rings. The second kappa shape index (κ2) is 5.87. The van der Waals surface area contributed by atoms with E-state index in [0.29, 0.717) is 6.04 Å². The van der Waals surface area contributed by atoms with Crippen LogP contribution in [-0.2, 0) is 11.8 Å². The summed E-state index contributed by atoms with van der Waals surface area (Å²) in [6, 6.07) is 6.63. The molecule has 0 spiro atoms. The second-order valence-corrected chi connectivity index (χ2v) is 5.62. The fourth-order valence-corrected chi connectivity index (χ4v) is 2.83. The summed E-state index contributed by atoms with van der Waals surface area (Å²) in [6.07, 6.45) is 3.88. The smallest absolute Gasteiger partial charge is 0.0594 e. The highest BCUT2D eigenvalue weighted by Gasteiger charge is 2.19. The molecular weight excluding hydrogens is 264 g/mol. The Bertz CT molecular complexity index is 616. The number of nitrogens with two attached hydrogens (primary N) is 1. The summed E-state index contributed by atoms with van der Waals surface area (Å²) in [5.41, 5.74) is 10.4. The quantitative estimate of drug-likeness (QED) is 0.878. The van der Waals surface area contributed by atoms with Crippen LogP contribution in [0.2, 0.25) is 0 Å². The number of ether oxygens (including phenoxy) is 1. The van der Waals surface area contributed by atoms with Crippen molar-refractivity contribution in [2.75, 3.05) is 32.0 Å². The first-order valence-corrected chi connectivity index (χ1v) is 7.35. The van der Waals surface area contributed by atoms with Gasteiger partial charge in [0.1, 0.15) is 0 Å². The number of benzene rings is 1. The molecule has 0 radical (unpaired) electrons. The van der Waals surface area contributed by atoms with E-state index in [0.717, 1.165) is 43.1 Å². The van der Waals surface area contributed by atoms with Crippen LogP contribution in [-0.4, -0.2) is 41.0 Å². The number of anilines is 1. The highest BCUT2D eigenvalue weighted by Crippen LogP contribution is 2.29. The van der Waals surface area contributed by atoms with Gasteiger partial charge in [0.15, 0.2) is 0 Å². The van der Waals surface area contributed by atoms with Crippen molar-refractivity contribution in [2.24, 2.45) is 7.05 Å². The highest BCUT2D eigenvalue weighted by atomic mass is 16.5. The molecule has 0 aliphatic carbocycles. The van der Waals surface area contributed by atoms with Crippen molar-refractivity contribution in [1.82, 2.24) is 14.7 Å². The number of nitrogen functional groups attached to an aromatic ring is 1. The van der Waals surface area contributed by atoms with Crippen molar-refractivity contribution in [3.63, 3.8) is 0 Å². The molecule has 1 atom stereocenters. The second-order valence-electron chi connectivity index (χ2n) is 5.62. The lowest BCUT2D eigenvalue weighted by atomic mass is 10.00. The van der Waals surface area contributed by atoms with Crippen LogP contribution < -0.4 is 5.73 Å². The van der Waals surface area contributed by atoms with Crippen molar-refractivity contribution >= 4 is 5.69 Å². The number of aromatic nitrogens is 2. The van der Waals surface area contributed by atoms with Crippen LogP contribution in [0.3, 0.4) is 0 Å². The zero-order valence-corrected chi connectivity index (χ0v) is 12.6. The van der Waals surface area contributed by atoms with Gasteiger partial charge in [0.2, 0.25) is 0 Å². The van der Waals surface area contributed by atoms with E-state index in [1.54, 1.807) is 0 Å². The Morgan fingerprint density at radius 3 is 2.62 bits per heavy atom. The fraction of sp³-hybridized carbons (Fsp3) is 0.438. The topological polar surface area (TPSA) is 56.3 Å². The van der Waals surface area contributed by atoms with Crippen molar-refractivity contribution < 1.29 is 4.74 Å². The van der Waals surface area contributed by atoms with Gasteiger partial charge in [-0.05, 0) is 36.2 Å². The molecule has 0 saturated carbocycles. The molecule has 21 heavy (non-hydrogen) atoms. The first-order chi connectivity index (χ1) is 10.1. The molecule has 1 aromatic carbocycles. The van der Waals surface area contributed by atoms with Crippen molar-refractivity contribution in [2.45, 2.75) is 13.0 Å². The minimum absolute atomic E-state index is 0.341. The average Bonchev–Trinajstić information content (AvgIpc) is 2.93. The van der Waals surface area contributed by atoms with Crippen LogP contribution >= 0.6 is 0 Å². The third-order valence-electron chi connectivity index (χ3n) is 4.09. The molecule has 112 valence electrons. The maximum absolute atomic E-state index is 6.10. The lowest BCUT2D eigenvalue weighted by molar-refractivity contribution is 0.0199. The molecule has 5 nitrogen and oxygen atoms in total. The number of hydrogen-bond donors (Lipinski definition) is 1. The zero-order valence-electron chi connectivity index (χ0n) is 12.6. The SMILES string of the molecule is CC(c1cc(N)cc(-c2cnn(C)c2)c1)N1CCOCC1. The normalized spacial score (nSPS) is 17.8. The lowest BCUT2D eigenvalue weighted by Crippen LogP contribution is -2.38. The minimum atomic E-state index is 0.341. The van der Waals surface area contributed by atoms with Crippen LogP contribution in [0, 0.1) is 0 Å². The molecule has 1 aliphatic heterocycles. The highest BCUT2D eigenvalue weighted by molar-refractivity contribution is 5.67. The van der Waals surface area contributed by atoms with Gasteiger partial charge in [-0.3, -0.25) is 9.58 Å². The van der Waals surface area contributed by atoms with E-state index in [-0.39, 0.29) is 0 Å². The molecule has 2 aromatic rings. The van der Waals surface area contributed by atoms with E-state index in [1.165, 1.54) is 5.56 Å². The van der Waals surface area contributed by atoms with Gasteiger partial charge < -0.3 is 10.5 Å². The van der Waals surface area contributed by atoms with Crippen LogP contribution in [0.15, 0.2) is 30.6 Å². The van der Waals surface area contributed by atoms with Gasteiger partial charge in [-0.25, -0.2) is 0 Å². The summed E-state index contributed by atoms with van der Waals surface area (Å²) in [4.78, 5) is 2.44. The standard InChI is InChI=1S/C16H22N4O/c1-12(20-3-5-21-6-4-20)13-7-14(9-16(17)8-13)15-10-18-19(2)11-15/h7-12H,3-6,17H2,1-2H3. The summed E-state index contributed by atoms with van der Waals surface area (Å²) >= 11 is 0. The van der Waals surface area contributed by atoms with Gasteiger partial charge in [-0.1, -0.05) is 0 Å². The van der Waals surface area contributed by atoms with Gasteiger partial charge >= 0.3 is 0 Å². The third kappa shape index (κ3) is 3.09. The van der Waals surface area contributed by atoms with E-state index in [9.17, 15) is 0 Å². The number of nitrogens with zero attached hydrogens (tertiary/aromatic N) is 3. The third-order valence-corrected chi connectivity index (χ3v) is 4.09. The Hall–Kier alpha value is -1.85. The molecule has 2 heterocycles. The number of rotatable bonds is 3. The Kier molecular flexibility index (Phi) is 3.94. The van der Waals surface area contributed by atoms with Crippen molar-refractivity contribution in [3.05, 3.63) is 36.2 Å². The largest absolute Gasteiger partial charge is 0.399 e. The molecule has 0 bridgehead atoms. The average molecular weight is 286 g/mol. The van der Waals surface area contributed by atoms with Crippen LogP contribution in [0.5, 0.6) is 0 Å². The number of morpholine rings is 1. The predicted octanol–water partition coefficient (Wildman–Crippen LogP) is 2.06. The van der Waals surface area contributed by atoms with E-state index in [2.05, 4.69) is 29.1 Å². The van der Waals surface area contributed by atoms with Crippen molar-refractivity contribution in [3.8, 4) is 11.1 Å². The zero-order chi connectivity index (χ0) is 14.8. The van der Waals surface area contributed by atoms with Gasteiger partial charge in [-0.2, -0.15) is 5.10 Å². The Morgan fingerprint density at radius 1 is 1.19 bits per heavy atom. The molecule has 0 amide bonds. The van der Waals surface area contributed by atoms with E-state index in [1.807, 2.05) is 30.2 Å². The first kappa shape index (κ1) is 14.1. The molecule has 1 unspecified atom stereocenters. The molecular formula is C16H22N4O. The molecule has 1 saturated heterocycles. The van der Waals surface area contributed by atoms with Crippen LogP contribution in [0.1, 0.15) is 18.5 Å².